The lowest BCUT2D eigenvalue weighted by Crippen LogP contribution is -2.23. The van der Waals surface area contributed by atoms with Crippen molar-refractivity contribution in [1.29, 1.82) is 0 Å². The third-order valence-corrected chi connectivity index (χ3v) is 2.72. The molecule has 21 heavy (non-hydrogen) atoms. The van der Waals surface area contributed by atoms with Gasteiger partial charge in [0.1, 0.15) is 5.82 Å². The Morgan fingerprint density at radius 2 is 2.24 bits per heavy atom. The Morgan fingerprint density at radius 1 is 1.38 bits per heavy atom. The van der Waals surface area contributed by atoms with Gasteiger partial charge in [0.15, 0.2) is 0 Å². The van der Waals surface area contributed by atoms with E-state index in [-0.39, 0.29) is 18.7 Å². The second kappa shape index (κ2) is 7.27. The number of carbonyl (C=O) groups excluding carboxylic acids is 1. The third-order valence-electron chi connectivity index (χ3n) is 2.72. The van der Waals surface area contributed by atoms with E-state index in [1.807, 2.05) is 0 Å². The Hall–Kier alpha value is -2.58. The molecule has 0 atom stereocenters. The topological polar surface area (TPSA) is 62.5 Å². The second-order valence-electron chi connectivity index (χ2n) is 4.28. The fourth-order valence-electron chi connectivity index (χ4n) is 1.70. The molecule has 0 bridgehead atoms. The molecule has 1 aromatic carbocycles. The van der Waals surface area contributed by atoms with Crippen LogP contribution >= 0.6 is 0 Å². The lowest BCUT2D eigenvalue weighted by atomic mass is 10.1. The molecule has 0 aliphatic rings. The highest BCUT2D eigenvalue weighted by atomic mass is 19.1. The maximum Gasteiger partial charge on any atom is 0.252 e. The normalized spacial score (nSPS) is 9.81. The first-order chi connectivity index (χ1) is 10.2. The van der Waals surface area contributed by atoms with Crippen LogP contribution < -0.4 is 5.32 Å². The molecular weight excluding hydrogens is 273 g/mol. The molecule has 0 radical (unpaired) electrons. The maximum atomic E-state index is 13.3. The summed E-state index contributed by atoms with van der Waals surface area (Å²) in [5.74, 6) is 4.56. The summed E-state index contributed by atoms with van der Waals surface area (Å²) >= 11 is 0. The SMILES string of the molecule is O=C(NCc1ccoc1)c1cc(F)ccc1C#CCCO. The number of hydrogen-bond acceptors (Lipinski definition) is 3. The van der Waals surface area contributed by atoms with Crippen LogP contribution in [0.15, 0.2) is 41.2 Å². The van der Waals surface area contributed by atoms with Crippen molar-refractivity contribution in [1.82, 2.24) is 5.32 Å². The van der Waals surface area contributed by atoms with Crippen molar-refractivity contribution < 1.29 is 18.7 Å². The molecule has 2 rings (SSSR count). The van der Waals surface area contributed by atoms with Crippen molar-refractivity contribution in [2.45, 2.75) is 13.0 Å². The summed E-state index contributed by atoms with van der Waals surface area (Å²) in [6.45, 7) is 0.228. The first kappa shape index (κ1) is 14.8. The fourth-order valence-corrected chi connectivity index (χ4v) is 1.70. The van der Waals surface area contributed by atoms with Gasteiger partial charge in [-0.15, -0.1) is 0 Å². The summed E-state index contributed by atoms with van der Waals surface area (Å²) in [5, 5.41) is 11.4. The minimum atomic E-state index is -0.504. The molecule has 0 spiro atoms. The molecule has 1 heterocycles. The van der Waals surface area contributed by atoms with Crippen LogP contribution in [0.1, 0.15) is 27.9 Å². The van der Waals surface area contributed by atoms with E-state index in [2.05, 4.69) is 17.2 Å². The smallest absolute Gasteiger partial charge is 0.252 e. The molecule has 0 saturated heterocycles. The average Bonchev–Trinajstić information content (AvgIpc) is 3.00. The summed E-state index contributed by atoms with van der Waals surface area (Å²) < 4.78 is 18.2. The first-order valence-corrected chi connectivity index (χ1v) is 6.39. The van der Waals surface area contributed by atoms with E-state index in [0.29, 0.717) is 12.0 Å². The fraction of sp³-hybridized carbons (Fsp3) is 0.188. The molecule has 0 unspecified atom stereocenters. The highest BCUT2D eigenvalue weighted by Gasteiger charge is 2.11. The number of nitrogens with one attached hydrogen (secondary N) is 1. The van der Waals surface area contributed by atoms with Crippen molar-refractivity contribution in [2.75, 3.05) is 6.61 Å². The largest absolute Gasteiger partial charge is 0.472 e. The van der Waals surface area contributed by atoms with E-state index >= 15 is 0 Å². The lowest BCUT2D eigenvalue weighted by molar-refractivity contribution is 0.0950. The summed E-state index contributed by atoms with van der Waals surface area (Å²) in [7, 11) is 0. The number of furan rings is 1. The van der Waals surface area contributed by atoms with Crippen molar-refractivity contribution in [3.05, 3.63) is 59.3 Å². The molecule has 4 nitrogen and oxygen atoms in total. The Balaban J connectivity index is 2.15. The van der Waals surface area contributed by atoms with Gasteiger partial charge < -0.3 is 14.8 Å². The molecular formula is C16H14FNO3. The number of benzene rings is 1. The molecule has 108 valence electrons. The standard InChI is InChI=1S/C16H14FNO3/c17-14-5-4-13(3-1-2-7-19)15(9-14)16(20)18-10-12-6-8-21-11-12/h4-6,8-9,11,19H,2,7,10H2,(H,18,20). The van der Waals surface area contributed by atoms with Crippen LogP contribution in [0.4, 0.5) is 4.39 Å². The number of carbonyl (C=O) groups is 1. The monoisotopic (exact) mass is 287 g/mol. The second-order valence-corrected chi connectivity index (χ2v) is 4.28. The number of halogens is 1. The van der Waals surface area contributed by atoms with Crippen molar-refractivity contribution in [3.8, 4) is 11.8 Å². The molecule has 0 fully saturated rings. The number of rotatable bonds is 4. The number of amides is 1. The molecule has 2 N–H and O–H groups in total. The Kier molecular flexibility index (Phi) is 5.13. The van der Waals surface area contributed by atoms with Gasteiger partial charge in [0.05, 0.1) is 24.7 Å². The Labute approximate surface area is 121 Å². The average molecular weight is 287 g/mol. The summed E-state index contributed by atoms with van der Waals surface area (Å²) in [5.41, 5.74) is 1.41. The van der Waals surface area contributed by atoms with E-state index in [1.54, 1.807) is 6.07 Å². The van der Waals surface area contributed by atoms with E-state index in [0.717, 1.165) is 11.6 Å². The van der Waals surface area contributed by atoms with Crippen LogP contribution in [0.2, 0.25) is 0 Å². The lowest BCUT2D eigenvalue weighted by Gasteiger charge is -2.06. The van der Waals surface area contributed by atoms with E-state index < -0.39 is 11.7 Å². The predicted octanol–water partition coefficient (Wildman–Crippen LogP) is 2.08. The van der Waals surface area contributed by atoms with Gasteiger partial charge >= 0.3 is 0 Å². The minimum Gasteiger partial charge on any atom is -0.472 e. The van der Waals surface area contributed by atoms with Crippen LogP contribution in [-0.2, 0) is 6.54 Å². The summed E-state index contributed by atoms with van der Waals surface area (Å²) in [6.07, 6.45) is 3.33. The van der Waals surface area contributed by atoms with Gasteiger partial charge in [-0.05, 0) is 24.3 Å². The molecule has 1 amide bonds. The molecule has 0 saturated carbocycles. The quantitative estimate of drug-likeness (QED) is 0.846. The van der Waals surface area contributed by atoms with Crippen molar-refractivity contribution >= 4 is 5.91 Å². The first-order valence-electron chi connectivity index (χ1n) is 6.39. The number of aliphatic hydroxyl groups is 1. The molecule has 1 aromatic heterocycles. The third kappa shape index (κ3) is 4.20. The zero-order valence-corrected chi connectivity index (χ0v) is 11.2. The predicted molar refractivity (Wildman–Crippen MR) is 74.9 cm³/mol. The van der Waals surface area contributed by atoms with E-state index in [9.17, 15) is 9.18 Å². The molecule has 2 aromatic rings. The van der Waals surface area contributed by atoms with Gasteiger partial charge in [0, 0.05) is 24.1 Å². The van der Waals surface area contributed by atoms with Crippen LogP contribution in [-0.4, -0.2) is 17.6 Å². The highest BCUT2D eigenvalue weighted by molar-refractivity contribution is 5.96. The number of aliphatic hydroxyl groups excluding tert-OH is 1. The van der Waals surface area contributed by atoms with Gasteiger partial charge in [-0.25, -0.2) is 4.39 Å². The van der Waals surface area contributed by atoms with Gasteiger partial charge in [-0.2, -0.15) is 0 Å². The zero-order valence-electron chi connectivity index (χ0n) is 11.2. The summed E-state index contributed by atoms with van der Waals surface area (Å²) in [4.78, 5) is 12.1. The van der Waals surface area contributed by atoms with E-state index in [1.165, 1.54) is 24.7 Å². The van der Waals surface area contributed by atoms with Crippen LogP contribution in [0.3, 0.4) is 0 Å². The van der Waals surface area contributed by atoms with Crippen molar-refractivity contribution in [3.63, 3.8) is 0 Å². The van der Waals surface area contributed by atoms with Crippen LogP contribution in [0.5, 0.6) is 0 Å². The van der Waals surface area contributed by atoms with Gasteiger partial charge in [-0.3, -0.25) is 4.79 Å². The maximum absolute atomic E-state index is 13.3. The molecule has 5 heteroatoms. The number of hydrogen-bond donors (Lipinski definition) is 2. The zero-order chi connectivity index (χ0) is 15.1. The van der Waals surface area contributed by atoms with Gasteiger partial charge in [0.2, 0.25) is 0 Å². The van der Waals surface area contributed by atoms with Crippen LogP contribution in [0.25, 0.3) is 0 Å². The highest BCUT2D eigenvalue weighted by Crippen LogP contribution is 2.11. The Bertz CT molecular complexity index is 669. The summed E-state index contributed by atoms with van der Waals surface area (Å²) in [6, 6.07) is 5.57. The van der Waals surface area contributed by atoms with Gasteiger partial charge in [-0.1, -0.05) is 11.8 Å². The van der Waals surface area contributed by atoms with Crippen molar-refractivity contribution in [2.24, 2.45) is 0 Å². The van der Waals surface area contributed by atoms with Gasteiger partial charge in [0.25, 0.3) is 5.91 Å². The van der Waals surface area contributed by atoms with Crippen LogP contribution in [0, 0.1) is 17.7 Å². The van der Waals surface area contributed by atoms with E-state index in [4.69, 9.17) is 9.52 Å². The Morgan fingerprint density at radius 3 is 2.95 bits per heavy atom. The molecule has 0 aliphatic carbocycles. The molecule has 0 aliphatic heterocycles. The minimum absolute atomic E-state index is 0.0593.